The van der Waals surface area contributed by atoms with Gasteiger partial charge in [-0.2, -0.15) is 11.8 Å². The van der Waals surface area contributed by atoms with E-state index in [-0.39, 0.29) is 18.0 Å². The van der Waals surface area contributed by atoms with Crippen LogP contribution in [0.5, 0.6) is 0 Å². The van der Waals surface area contributed by atoms with Crippen molar-refractivity contribution in [2.24, 2.45) is 0 Å². The molecule has 8 heteroatoms. The molecule has 218 valence electrons. The van der Waals surface area contributed by atoms with Gasteiger partial charge >= 0.3 is 5.97 Å². The zero-order valence-electron chi connectivity index (χ0n) is 23.9. The maximum absolute atomic E-state index is 14.7. The number of anilines is 1. The van der Waals surface area contributed by atoms with Crippen molar-refractivity contribution in [3.63, 3.8) is 0 Å². The lowest BCUT2D eigenvalue weighted by molar-refractivity contribution is -0.142. The second kappa shape index (κ2) is 14.6. The van der Waals surface area contributed by atoms with Crippen LogP contribution >= 0.6 is 11.8 Å². The van der Waals surface area contributed by atoms with Gasteiger partial charge in [-0.3, -0.25) is 4.79 Å². The van der Waals surface area contributed by atoms with Crippen molar-refractivity contribution in [1.82, 2.24) is 5.32 Å². The monoisotopic (exact) mass is 588 g/mol. The Morgan fingerprint density at radius 1 is 0.905 bits per heavy atom. The number of halogens is 2. The van der Waals surface area contributed by atoms with Crippen LogP contribution in [0.3, 0.4) is 0 Å². The van der Waals surface area contributed by atoms with Gasteiger partial charge in [-0.15, -0.1) is 0 Å². The molecule has 0 bridgehead atoms. The molecular formula is C34H34F2N2O3S. The molecule has 0 radical (unpaired) electrons. The molecule has 0 unspecified atom stereocenters. The fourth-order valence-corrected chi connectivity index (χ4v) is 5.29. The van der Waals surface area contributed by atoms with Crippen molar-refractivity contribution < 1.29 is 23.1 Å². The van der Waals surface area contributed by atoms with Crippen LogP contribution in [0.25, 0.3) is 11.1 Å². The highest BCUT2D eigenvalue weighted by Gasteiger charge is 2.24. The summed E-state index contributed by atoms with van der Waals surface area (Å²) >= 11 is 1.58. The lowest BCUT2D eigenvalue weighted by atomic mass is 9.93. The number of nitrogens with one attached hydrogen (secondary N) is 1. The van der Waals surface area contributed by atoms with Crippen LogP contribution in [0.15, 0.2) is 91.0 Å². The second-order valence-electron chi connectivity index (χ2n) is 9.93. The van der Waals surface area contributed by atoms with Crippen LogP contribution in [0.1, 0.15) is 33.5 Å². The molecule has 0 saturated heterocycles. The van der Waals surface area contributed by atoms with Crippen LogP contribution in [0.2, 0.25) is 0 Å². The summed E-state index contributed by atoms with van der Waals surface area (Å²) in [5, 5.41) is 2.86. The maximum Gasteiger partial charge on any atom is 0.328 e. The van der Waals surface area contributed by atoms with Gasteiger partial charge < -0.3 is 15.0 Å². The summed E-state index contributed by atoms with van der Waals surface area (Å²) in [6.07, 6.45) is 2.38. The van der Waals surface area contributed by atoms with E-state index in [1.54, 1.807) is 23.9 Å². The highest BCUT2D eigenvalue weighted by atomic mass is 32.2. The number of esters is 1. The maximum atomic E-state index is 14.7. The molecule has 4 aromatic carbocycles. The van der Waals surface area contributed by atoms with Crippen LogP contribution in [0.4, 0.5) is 14.5 Å². The first-order valence-electron chi connectivity index (χ1n) is 13.6. The van der Waals surface area contributed by atoms with E-state index in [4.69, 9.17) is 4.74 Å². The first-order valence-corrected chi connectivity index (χ1v) is 15.0. The van der Waals surface area contributed by atoms with Crippen molar-refractivity contribution in [3.05, 3.63) is 125 Å². The first-order chi connectivity index (χ1) is 20.3. The fourth-order valence-electron chi connectivity index (χ4n) is 4.82. The molecule has 0 aliphatic heterocycles. The Balaban J connectivity index is 1.72. The van der Waals surface area contributed by atoms with Gasteiger partial charge in [0, 0.05) is 29.9 Å². The predicted molar refractivity (Wildman–Crippen MR) is 166 cm³/mol. The number of rotatable bonds is 12. The number of methoxy groups -OCH3 is 1. The van der Waals surface area contributed by atoms with Crippen molar-refractivity contribution >= 4 is 29.3 Å². The number of hydrogen-bond acceptors (Lipinski definition) is 5. The summed E-state index contributed by atoms with van der Waals surface area (Å²) in [5.41, 5.74) is 4.96. The Labute approximate surface area is 249 Å². The van der Waals surface area contributed by atoms with E-state index in [1.807, 2.05) is 84.8 Å². The third-order valence-electron chi connectivity index (χ3n) is 7.05. The minimum atomic E-state index is -0.888. The average Bonchev–Trinajstić information content (AvgIpc) is 3.01. The van der Waals surface area contributed by atoms with Gasteiger partial charge in [0.1, 0.15) is 6.04 Å². The summed E-state index contributed by atoms with van der Waals surface area (Å²) in [5.74, 6) is -1.94. The number of ether oxygens (including phenoxy) is 1. The van der Waals surface area contributed by atoms with Gasteiger partial charge in [-0.05, 0) is 77.9 Å². The molecule has 4 aromatic rings. The topological polar surface area (TPSA) is 58.6 Å². The molecule has 0 aromatic heterocycles. The normalized spacial score (nSPS) is 11.5. The van der Waals surface area contributed by atoms with Gasteiger partial charge in [-0.1, -0.05) is 60.7 Å². The first kappa shape index (κ1) is 30.8. The third kappa shape index (κ3) is 7.56. The van der Waals surface area contributed by atoms with Crippen molar-refractivity contribution in [2.45, 2.75) is 32.5 Å². The molecular weight excluding hydrogens is 554 g/mol. The number of carbonyl (C=O) groups excluding carboxylic acids is 2. The van der Waals surface area contributed by atoms with Gasteiger partial charge in [0.25, 0.3) is 5.91 Å². The molecule has 1 amide bonds. The molecule has 0 fully saturated rings. The van der Waals surface area contributed by atoms with Crippen molar-refractivity contribution in [3.8, 4) is 11.1 Å². The van der Waals surface area contributed by atoms with Crippen LogP contribution < -0.4 is 10.2 Å². The van der Waals surface area contributed by atoms with E-state index in [0.29, 0.717) is 29.8 Å². The Morgan fingerprint density at radius 2 is 1.64 bits per heavy atom. The minimum absolute atomic E-state index is 0.145. The number of para-hydroxylation sites is 1. The summed E-state index contributed by atoms with van der Waals surface area (Å²) in [4.78, 5) is 28.0. The standard InChI is InChI=1S/C34H34F2N2O3S/c1-23-10-7-8-14-27(23)29-20-24(16-17-28(29)33(39)37-31(18-19-42-3)34(40)41-2)21-38(26-12-5-4-6-13-26)22-25-11-9-15-30(35)32(25)36/h4-17,20,31H,18-19,21-22H2,1-3H3,(H,37,39)/t31-/m0/s1. The molecule has 4 rings (SSSR count). The zero-order chi connectivity index (χ0) is 30.1. The number of carbonyl (C=O) groups is 2. The largest absolute Gasteiger partial charge is 0.467 e. The minimum Gasteiger partial charge on any atom is -0.467 e. The quantitative estimate of drug-likeness (QED) is 0.178. The molecule has 0 saturated carbocycles. The average molecular weight is 589 g/mol. The number of aryl methyl sites for hydroxylation is 1. The number of thioether (sulfide) groups is 1. The fraction of sp³-hybridized carbons (Fsp3) is 0.235. The van der Waals surface area contributed by atoms with Crippen LogP contribution in [-0.2, 0) is 22.6 Å². The van der Waals surface area contributed by atoms with Gasteiger partial charge in [-0.25, -0.2) is 13.6 Å². The summed E-state index contributed by atoms with van der Waals surface area (Å²) in [6.45, 7) is 2.49. The molecule has 0 aliphatic rings. The van der Waals surface area contributed by atoms with Gasteiger partial charge in [0.15, 0.2) is 11.6 Å². The van der Waals surface area contributed by atoms with E-state index >= 15 is 0 Å². The molecule has 0 aliphatic carbocycles. The van der Waals surface area contributed by atoms with Gasteiger partial charge in [0.2, 0.25) is 0 Å². The van der Waals surface area contributed by atoms with Crippen LogP contribution in [-0.4, -0.2) is 37.0 Å². The lowest BCUT2D eigenvalue weighted by Crippen LogP contribution is -2.42. The SMILES string of the molecule is COC(=O)[C@H](CCSC)NC(=O)c1ccc(CN(Cc2cccc(F)c2F)c2ccccc2)cc1-c1ccccc1C. The van der Waals surface area contributed by atoms with E-state index in [9.17, 15) is 18.4 Å². The smallest absolute Gasteiger partial charge is 0.328 e. The summed E-state index contributed by atoms with van der Waals surface area (Å²) in [7, 11) is 1.31. The van der Waals surface area contributed by atoms with E-state index in [0.717, 1.165) is 28.4 Å². The molecule has 5 nitrogen and oxygen atoms in total. The van der Waals surface area contributed by atoms with Crippen molar-refractivity contribution in [1.29, 1.82) is 0 Å². The molecule has 0 spiro atoms. The van der Waals surface area contributed by atoms with E-state index in [1.165, 1.54) is 13.2 Å². The van der Waals surface area contributed by atoms with Gasteiger partial charge in [0.05, 0.1) is 7.11 Å². The summed E-state index contributed by atoms with van der Waals surface area (Å²) in [6, 6.07) is 26.3. The second-order valence-corrected chi connectivity index (χ2v) is 10.9. The van der Waals surface area contributed by atoms with Crippen molar-refractivity contribution in [2.75, 3.05) is 24.0 Å². The Hall–Kier alpha value is -4.17. The lowest BCUT2D eigenvalue weighted by Gasteiger charge is -2.26. The molecule has 1 atom stereocenters. The van der Waals surface area contributed by atoms with Crippen LogP contribution in [0, 0.1) is 18.6 Å². The third-order valence-corrected chi connectivity index (χ3v) is 7.70. The number of benzene rings is 4. The summed E-state index contributed by atoms with van der Waals surface area (Å²) < 4.78 is 33.6. The predicted octanol–water partition coefficient (Wildman–Crippen LogP) is 7.17. The number of hydrogen-bond donors (Lipinski definition) is 1. The Kier molecular flexibility index (Phi) is 10.7. The van der Waals surface area contributed by atoms with E-state index in [2.05, 4.69) is 5.32 Å². The number of nitrogens with zero attached hydrogens (tertiary/aromatic N) is 1. The molecule has 0 heterocycles. The highest BCUT2D eigenvalue weighted by molar-refractivity contribution is 7.98. The Bertz CT molecular complexity index is 1530. The van der Waals surface area contributed by atoms with E-state index < -0.39 is 23.6 Å². The number of amides is 1. The molecule has 1 N–H and O–H groups in total. The zero-order valence-corrected chi connectivity index (χ0v) is 24.7. The Morgan fingerprint density at radius 3 is 2.36 bits per heavy atom. The molecule has 42 heavy (non-hydrogen) atoms. The highest BCUT2D eigenvalue weighted by Crippen LogP contribution is 2.30.